The second-order valence-electron chi connectivity index (χ2n) is 4.22. The van der Waals surface area contributed by atoms with Crippen molar-refractivity contribution in [3.63, 3.8) is 0 Å². The lowest BCUT2D eigenvalue weighted by Crippen LogP contribution is -2.32. The molecule has 1 aromatic rings. The van der Waals surface area contributed by atoms with Crippen LogP contribution in [-0.4, -0.2) is 40.7 Å². The largest absolute Gasteiger partial charge is 0.397 e. The number of nitrogens with zero attached hydrogens (tertiary/aromatic N) is 2. The Bertz CT molecular complexity index is 571. The number of rotatable bonds is 3. The molecule has 1 aromatic heterocycles. The molecular weight excluding hydrogens is 250 g/mol. The summed E-state index contributed by atoms with van der Waals surface area (Å²) in [6, 6.07) is 0.620. The summed E-state index contributed by atoms with van der Waals surface area (Å²) < 4.78 is 0. The highest BCUT2D eigenvalue weighted by Crippen LogP contribution is 2.20. The van der Waals surface area contributed by atoms with Crippen LogP contribution in [0.3, 0.4) is 0 Å². The molecule has 1 saturated heterocycles. The minimum absolute atomic E-state index is 0.0135. The van der Waals surface area contributed by atoms with Gasteiger partial charge in [0.25, 0.3) is 11.8 Å². The van der Waals surface area contributed by atoms with E-state index in [0.29, 0.717) is 0 Å². The van der Waals surface area contributed by atoms with Gasteiger partial charge in [-0.3, -0.25) is 19.3 Å². The Labute approximate surface area is 108 Å². The van der Waals surface area contributed by atoms with Crippen molar-refractivity contribution < 1.29 is 14.4 Å². The van der Waals surface area contributed by atoms with E-state index in [-0.39, 0.29) is 35.3 Å². The molecule has 1 atom stereocenters. The molecule has 5 N–H and O–H groups in total. The number of carbonyl (C=O) groups is 3. The van der Waals surface area contributed by atoms with Gasteiger partial charge in [0.2, 0.25) is 5.91 Å². The quantitative estimate of drug-likeness (QED) is 0.595. The highest BCUT2D eigenvalue weighted by molar-refractivity contribution is 6.07. The van der Waals surface area contributed by atoms with E-state index in [0.717, 1.165) is 4.90 Å². The Morgan fingerprint density at radius 3 is 2.74 bits per heavy atom. The van der Waals surface area contributed by atoms with Crippen molar-refractivity contribution in [1.29, 1.82) is 0 Å². The third kappa shape index (κ3) is 2.32. The van der Waals surface area contributed by atoms with Gasteiger partial charge < -0.3 is 16.8 Å². The summed E-state index contributed by atoms with van der Waals surface area (Å²) in [7, 11) is 1.40. The van der Waals surface area contributed by atoms with Crippen molar-refractivity contribution in [1.82, 2.24) is 9.88 Å². The molecule has 1 aliphatic rings. The van der Waals surface area contributed by atoms with Crippen LogP contribution in [0.4, 0.5) is 11.5 Å². The van der Waals surface area contributed by atoms with Gasteiger partial charge in [-0.15, -0.1) is 0 Å². The van der Waals surface area contributed by atoms with Crippen molar-refractivity contribution >= 4 is 29.2 Å². The predicted molar refractivity (Wildman–Crippen MR) is 67.0 cm³/mol. The molecule has 0 radical (unpaired) electrons. The van der Waals surface area contributed by atoms with Gasteiger partial charge >= 0.3 is 0 Å². The highest BCUT2D eigenvalue weighted by atomic mass is 16.2. The van der Waals surface area contributed by atoms with Gasteiger partial charge in [0.15, 0.2) is 0 Å². The first kappa shape index (κ1) is 12.8. The SMILES string of the molecule is CN1C(=O)CC(Nc2ncc(N)cc2C(N)=O)C1=O. The summed E-state index contributed by atoms with van der Waals surface area (Å²) in [4.78, 5) is 39.4. The summed E-state index contributed by atoms with van der Waals surface area (Å²) in [5.74, 6) is -1.24. The molecule has 0 saturated carbocycles. The molecule has 19 heavy (non-hydrogen) atoms. The number of aromatic nitrogens is 1. The van der Waals surface area contributed by atoms with Crippen molar-refractivity contribution in [2.24, 2.45) is 5.73 Å². The fraction of sp³-hybridized carbons (Fsp3) is 0.273. The number of nitrogens with two attached hydrogens (primary N) is 2. The van der Waals surface area contributed by atoms with Crippen molar-refractivity contribution in [2.45, 2.75) is 12.5 Å². The molecule has 3 amide bonds. The predicted octanol–water partition coefficient (Wildman–Crippen LogP) is -1.07. The van der Waals surface area contributed by atoms with Crippen LogP contribution >= 0.6 is 0 Å². The third-order valence-electron chi connectivity index (χ3n) is 2.87. The number of imide groups is 1. The molecule has 0 spiro atoms. The summed E-state index contributed by atoms with van der Waals surface area (Å²) in [5, 5.41) is 2.75. The Balaban J connectivity index is 2.27. The van der Waals surface area contributed by atoms with Crippen LogP contribution in [0.2, 0.25) is 0 Å². The number of likely N-dealkylation sites (tertiary alicyclic amines) is 1. The van der Waals surface area contributed by atoms with Crippen LogP contribution in [0, 0.1) is 0 Å². The lowest BCUT2D eigenvalue weighted by Gasteiger charge is -2.14. The third-order valence-corrected chi connectivity index (χ3v) is 2.87. The molecule has 1 unspecified atom stereocenters. The van der Waals surface area contributed by atoms with E-state index >= 15 is 0 Å². The summed E-state index contributed by atoms with van der Waals surface area (Å²) in [6.45, 7) is 0. The topological polar surface area (TPSA) is 131 Å². The lowest BCUT2D eigenvalue weighted by atomic mass is 10.2. The van der Waals surface area contributed by atoms with E-state index in [2.05, 4.69) is 10.3 Å². The van der Waals surface area contributed by atoms with Crippen molar-refractivity contribution in [3.8, 4) is 0 Å². The molecular formula is C11H13N5O3. The van der Waals surface area contributed by atoms with E-state index in [4.69, 9.17) is 11.5 Å². The Kier molecular flexibility index (Phi) is 3.07. The number of likely N-dealkylation sites (N-methyl/N-ethyl adjacent to an activating group) is 1. The molecule has 2 rings (SSSR count). The van der Waals surface area contributed by atoms with Crippen LogP contribution in [0.25, 0.3) is 0 Å². The van der Waals surface area contributed by atoms with Gasteiger partial charge in [-0.25, -0.2) is 4.98 Å². The van der Waals surface area contributed by atoms with E-state index in [1.54, 1.807) is 0 Å². The smallest absolute Gasteiger partial charge is 0.252 e. The summed E-state index contributed by atoms with van der Waals surface area (Å²) in [5.41, 5.74) is 11.1. The minimum Gasteiger partial charge on any atom is -0.397 e. The van der Waals surface area contributed by atoms with Gasteiger partial charge in [0.1, 0.15) is 11.9 Å². The summed E-state index contributed by atoms with van der Waals surface area (Å²) >= 11 is 0. The number of pyridine rings is 1. The van der Waals surface area contributed by atoms with Gasteiger partial charge in [0, 0.05) is 7.05 Å². The Morgan fingerprint density at radius 2 is 2.21 bits per heavy atom. The zero-order valence-corrected chi connectivity index (χ0v) is 10.2. The average Bonchev–Trinajstić information content (AvgIpc) is 2.59. The minimum atomic E-state index is -0.744. The van der Waals surface area contributed by atoms with E-state index < -0.39 is 11.9 Å². The number of anilines is 2. The first-order valence-corrected chi connectivity index (χ1v) is 5.52. The van der Waals surface area contributed by atoms with Crippen molar-refractivity contribution in [2.75, 3.05) is 18.1 Å². The normalized spacial score (nSPS) is 18.8. The van der Waals surface area contributed by atoms with E-state index in [9.17, 15) is 14.4 Å². The van der Waals surface area contributed by atoms with E-state index in [1.807, 2.05) is 0 Å². The second-order valence-corrected chi connectivity index (χ2v) is 4.22. The molecule has 2 heterocycles. The van der Waals surface area contributed by atoms with Gasteiger partial charge in [-0.2, -0.15) is 0 Å². The van der Waals surface area contributed by atoms with Gasteiger partial charge in [-0.05, 0) is 6.07 Å². The number of amides is 3. The number of carbonyl (C=O) groups excluding carboxylic acids is 3. The maximum absolute atomic E-state index is 11.7. The summed E-state index contributed by atoms with van der Waals surface area (Å²) in [6.07, 6.45) is 1.35. The first-order chi connectivity index (χ1) is 8.90. The lowest BCUT2D eigenvalue weighted by molar-refractivity contribution is -0.136. The maximum atomic E-state index is 11.7. The number of hydrogen-bond donors (Lipinski definition) is 3. The maximum Gasteiger partial charge on any atom is 0.252 e. The zero-order valence-electron chi connectivity index (χ0n) is 10.2. The molecule has 8 nitrogen and oxygen atoms in total. The number of primary amides is 1. The zero-order chi connectivity index (χ0) is 14.2. The molecule has 1 fully saturated rings. The second kappa shape index (κ2) is 4.56. The van der Waals surface area contributed by atoms with Crippen LogP contribution in [0.5, 0.6) is 0 Å². The van der Waals surface area contributed by atoms with Crippen LogP contribution in [0.1, 0.15) is 16.8 Å². The standard InChI is InChI=1S/C11H13N5O3/c1-16-8(17)3-7(11(16)19)15-10-6(9(13)18)2-5(12)4-14-10/h2,4,7H,3,12H2,1H3,(H2,13,18)(H,14,15). The highest BCUT2D eigenvalue weighted by Gasteiger charge is 2.36. The van der Waals surface area contributed by atoms with Crippen LogP contribution < -0.4 is 16.8 Å². The van der Waals surface area contributed by atoms with Crippen LogP contribution in [-0.2, 0) is 9.59 Å². The molecule has 8 heteroatoms. The molecule has 1 aliphatic heterocycles. The Morgan fingerprint density at radius 1 is 1.53 bits per heavy atom. The fourth-order valence-corrected chi connectivity index (χ4v) is 1.82. The average molecular weight is 263 g/mol. The van der Waals surface area contributed by atoms with E-state index in [1.165, 1.54) is 19.3 Å². The fourth-order valence-electron chi connectivity index (χ4n) is 1.82. The van der Waals surface area contributed by atoms with Crippen molar-refractivity contribution in [3.05, 3.63) is 17.8 Å². The first-order valence-electron chi connectivity index (χ1n) is 5.52. The van der Waals surface area contributed by atoms with Crippen LogP contribution in [0.15, 0.2) is 12.3 Å². The molecule has 0 aromatic carbocycles. The Hall–Kier alpha value is -2.64. The molecule has 100 valence electrons. The molecule has 0 aliphatic carbocycles. The number of nitrogen functional groups attached to an aromatic ring is 1. The molecule has 0 bridgehead atoms. The number of nitrogens with one attached hydrogen (secondary N) is 1. The van der Waals surface area contributed by atoms with Gasteiger partial charge in [0.05, 0.1) is 23.9 Å². The van der Waals surface area contributed by atoms with Gasteiger partial charge in [-0.1, -0.05) is 0 Å². The monoisotopic (exact) mass is 263 g/mol. The number of hydrogen-bond acceptors (Lipinski definition) is 6.